The predicted octanol–water partition coefficient (Wildman–Crippen LogP) is 1.93. The molecule has 1 atom stereocenters. The Bertz CT molecular complexity index is 266. The van der Waals surface area contributed by atoms with E-state index in [0.717, 1.165) is 5.76 Å². The lowest BCUT2D eigenvalue weighted by Gasteiger charge is -2.16. The van der Waals surface area contributed by atoms with Crippen molar-refractivity contribution in [2.45, 2.75) is 12.9 Å². The summed E-state index contributed by atoms with van der Waals surface area (Å²) in [4.78, 5) is 0. The minimum absolute atomic E-state index is 0.327. The zero-order chi connectivity index (χ0) is 10.4. The third-order valence-corrected chi connectivity index (χ3v) is 1.70. The normalized spacial score (nSPS) is 12.4. The first-order valence-corrected chi connectivity index (χ1v) is 4.17. The third-order valence-electron chi connectivity index (χ3n) is 1.70. The lowest BCUT2D eigenvalue weighted by Crippen LogP contribution is -2.18. The molecule has 0 amide bonds. The van der Waals surface area contributed by atoms with Gasteiger partial charge < -0.3 is 18.6 Å². The van der Waals surface area contributed by atoms with E-state index in [-0.39, 0.29) is 0 Å². The van der Waals surface area contributed by atoms with Crippen LogP contribution in [0.4, 0.5) is 0 Å². The van der Waals surface area contributed by atoms with Crippen LogP contribution in [0.15, 0.2) is 35.2 Å². The van der Waals surface area contributed by atoms with Gasteiger partial charge in [0, 0.05) is 7.11 Å². The van der Waals surface area contributed by atoms with Gasteiger partial charge in [-0.15, -0.1) is 0 Å². The van der Waals surface area contributed by atoms with Gasteiger partial charge in [-0.2, -0.15) is 0 Å². The minimum Gasteiger partial charge on any atom is -0.496 e. The van der Waals surface area contributed by atoms with Crippen molar-refractivity contribution in [2.75, 3.05) is 14.2 Å². The fourth-order valence-electron chi connectivity index (χ4n) is 0.941. The summed E-state index contributed by atoms with van der Waals surface area (Å²) in [7, 11) is 3.04. The number of hydrogen-bond donors (Lipinski definition) is 0. The standard InChI is InChI=1S/C10H14O4/c1-8(11-2)10(12-3)14-7-9-5-4-6-13-9/h4-6,10H,1,7H2,2-3H3. The Morgan fingerprint density at radius 3 is 2.86 bits per heavy atom. The third kappa shape index (κ3) is 2.90. The summed E-state index contributed by atoms with van der Waals surface area (Å²) >= 11 is 0. The molecule has 14 heavy (non-hydrogen) atoms. The zero-order valence-corrected chi connectivity index (χ0v) is 8.36. The molecule has 78 valence electrons. The maximum atomic E-state index is 5.35. The molecule has 0 aliphatic heterocycles. The van der Waals surface area contributed by atoms with Gasteiger partial charge in [0.05, 0.1) is 13.4 Å². The highest BCUT2D eigenvalue weighted by atomic mass is 16.7. The van der Waals surface area contributed by atoms with Crippen LogP contribution >= 0.6 is 0 Å². The molecule has 0 aliphatic carbocycles. The molecular weight excluding hydrogens is 184 g/mol. The molecular formula is C10H14O4. The summed E-state index contributed by atoms with van der Waals surface area (Å²) in [6, 6.07) is 3.62. The van der Waals surface area contributed by atoms with Crippen molar-refractivity contribution in [3.05, 3.63) is 36.5 Å². The average molecular weight is 198 g/mol. The zero-order valence-electron chi connectivity index (χ0n) is 8.36. The molecule has 1 aromatic heterocycles. The van der Waals surface area contributed by atoms with Crippen molar-refractivity contribution in [1.29, 1.82) is 0 Å². The van der Waals surface area contributed by atoms with E-state index in [1.165, 1.54) is 14.2 Å². The van der Waals surface area contributed by atoms with Crippen LogP contribution in [0.25, 0.3) is 0 Å². The topological polar surface area (TPSA) is 40.8 Å². The van der Waals surface area contributed by atoms with Crippen molar-refractivity contribution in [3.8, 4) is 0 Å². The van der Waals surface area contributed by atoms with Crippen LogP contribution in [0, 0.1) is 0 Å². The summed E-state index contributed by atoms with van der Waals surface area (Å²) in [5.74, 6) is 1.16. The van der Waals surface area contributed by atoms with E-state index in [1.807, 2.05) is 6.07 Å². The summed E-state index contributed by atoms with van der Waals surface area (Å²) in [6.45, 7) is 3.97. The fraction of sp³-hybridized carbons (Fsp3) is 0.400. The molecule has 0 aromatic carbocycles. The molecule has 1 rings (SSSR count). The van der Waals surface area contributed by atoms with Crippen LogP contribution in [0.1, 0.15) is 5.76 Å². The Labute approximate surface area is 83.1 Å². The fourth-order valence-corrected chi connectivity index (χ4v) is 0.941. The Hall–Kier alpha value is -1.26. The van der Waals surface area contributed by atoms with Gasteiger partial charge in [-0.05, 0) is 12.1 Å². The lowest BCUT2D eigenvalue weighted by atomic mass is 10.5. The molecule has 4 nitrogen and oxygen atoms in total. The van der Waals surface area contributed by atoms with Crippen molar-refractivity contribution in [1.82, 2.24) is 0 Å². The SMILES string of the molecule is C=C(OC)C(OC)OCc1ccco1. The van der Waals surface area contributed by atoms with Gasteiger partial charge >= 0.3 is 0 Å². The molecule has 0 saturated heterocycles. The first kappa shape index (κ1) is 10.8. The van der Waals surface area contributed by atoms with Crippen LogP contribution in [-0.4, -0.2) is 20.5 Å². The summed E-state index contributed by atoms with van der Waals surface area (Å²) in [6.07, 6.45) is 1.02. The monoisotopic (exact) mass is 198 g/mol. The molecule has 4 heteroatoms. The van der Waals surface area contributed by atoms with Gasteiger partial charge in [-0.25, -0.2) is 0 Å². The number of rotatable bonds is 6. The number of ether oxygens (including phenoxy) is 3. The highest BCUT2D eigenvalue weighted by molar-refractivity contribution is 4.96. The van der Waals surface area contributed by atoms with E-state index in [1.54, 1.807) is 12.3 Å². The van der Waals surface area contributed by atoms with Crippen molar-refractivity contribution in [2.24, 2.45) is 0 Å². The quantitative estimate of drug-likeness (QED) is 0.517. The van der Waals surface area contributed by atoms with Gasteiger partial charge in [0.1, 0.15) is 18.1 Å². The number of furan rings is 1. The number of hydrogen-bond acceptors (Lipinski definition) is 4. The van der Waals surface area contributed by atoms with Crippen LogP contribution < -0.4 is 0 Å². The van der Waals surface area contributed by atoms with Crippen LogP contribution in [-0.2, 0) is 20.8 Å². The first-order valence-electron chi connectivity index (χ1n) is 4.17. The van der Waals surface area contributed by atoms with Crippen molar-refractivity contribution < 1.29 is 18.6 Å². The molecule has 0 spiro atoms. The molecule has 0 aliphatic rings. The second kappa shape index (κ2) is 5.47. The Kier molecular flexibility index (Phi) is 4.22. The molecule has 0 radical (unpaired) electrons. The van der Waals surface area contributed by atoms with E-state index in [4.69, 9.17) is 18.6 Å². The van der Waals surface area contributed by atoms with Crippen LogP contribution in [0.5, 0.6) is 0 Å². The second-order valence-corrected chi connectivity index (χ2v) is 2.63. The van der Waals surface area contributed by atoms with Gasteiger partial charge in [0.15, 0.2) is 0 Å². The van der Waals surface area contributed by atoms with E-state index in [2.05, 4.69) is 6.58 Å². The van der Waals surface area contributed by atoms with Crippen molar-refractivity contribution in [3.63, 3.8) is 0 Å². The Balaban J connectivity index is 2.38. The number of methoxy groups -OCH3 is 2. The van der Waals surface area contributed by atoms with E-state index in [0.29, 0.717) is 12.4 Å². The molecule has 0 bridgehead atoms. The largest absolute Gasteiger partial charge is 0.496 e. The first-order chi connectivity index (χ1) is 6.77. The molecule has 1 heterocycles. The predicted molar refractivity (Wildman–Crippen MR) is 50.4 cm³/mol. The lowest BCUT2D eigenvalue weighted by molar-refractivity contribution is -0.131. The minimum atomic E-state index is -0.565. The molecule has 0 saturated carbocycles. The molecule has 1 unspecified atom stereocenters. The van der Waals surface area contributed by atoms with Crippen LogP contribution in [0.2, 0.25) is 0 Å². The molecule has 0 N–H and O–H groups in total. The maximum absolute atomic E-state index is 5.35. The van der Waals surface area contributed by atoms with E-state index in [9.17, 15) is 0 Å². The van der Waals surface area contributed by atoms with E-state index < -0.39 is 6.29 Å². The Morgan fingerprint density at radius 1 is 1.57 bits per heavy atom. The van der Waals surface area contributed by atoms with Gasteiger partial charge in [-0.1, -0.05) is 6.58 Å². The van der Waals surface area contributed by atoms with Crippen LogP contribution in [0.3, 0.4) is 0 Å². The highest BCUT2D eigenvalue weighted by Gasteiger charge is 2.12. The van der Waals surface area contributed by atoms with Crippen molar-refractivity contribution >= 4 is 0 Å². The summed E-state index contributed by atoms with van der Waals surface area (Å²) in [5, 5.41) is 0. The summed E-state index contributed by atoms with van der Waals surface area (Å²) in [5.41, 5.74) is 0. The second-order valence-electron chi connectivity index (χ2n) is 2.63. The smallest absolute Gasteiger partial charge is 0.216 e. The Morgan fingerprint density at radius 2 is 2.36 bits per heavy atom. The van der Waals surface area contributed by atoms with Gasteiger partial charge in [-0.3, -0.25) is 0 Å². The van der Waals surface area contributed by atoms with Gasteiger partial charge in [0.25, 0.3) is 0 Å². The molecule has 0 fully saturated rings. The summed E-state index contributed by atoms with van der Waals surface area (Å²) < 4.78 is 20.3. The van der Waals surface area contributed by atoms with Gasteiger partial charge in [0.2, 0.25) is 6.29 Å². The molecule has 1 aromatic rings. The highest BCUT2D eigenvalue weighted by Crippen LogP contribution is 2.10. The maximum Gasteiger partial charge on any atom is 0.216 e. The van der Waals surface area contributed by atoms with E-state index >= 15 is 0 Å². The average Bonchev–Trinajstić information content (AvgIpc) is 2.71.